The lowest BCUT2D eigenvalue weighted by atomic mass is 9.84. The molecular weight excluding hydrogens is 422 g/mol. The predicted octanol–water partition coefficient (Wildman–Crippen LogP) is 2.52. The number of hydrogen-bond donors (Lipinski definition) is 3. The number of hydrogen-bond acceptors (Lipinski definition) is 6. The topological polar surface area (TPSA) is 110 Å². The number of pyridine rings is 1. The van der Waals surface area contributed by atoms with E-state index in [1.807, 2.05) is 30.3 Å². The van der Waals surface area contributed by atoms with Crippen molar-refractivity contribution in [2.75, 3.05) is 11.9 Å². The Hall–Kier alpha value is -2.97. The molecule has 2 aliphatic heterocycles. The minimum Gasteiger partial charge on any atom is -0.487 e. The number of carbonyl (C=O) groups excluding carboxylic acids is 2. The first kappa shape index (κ1) is 21.9. The van der Waals surface area contributed by atoms with Crippen LogP contribution in [0.25, 0.3) is 0 Å². The molecule has 174 valence electrons. The van der Waals surface area contributed by atoms with Crippen LogP contribution in [0.1, 0.15) is 49.1 Å². The largest absolute Gasteiger partial charge is 0.487 e. The highest BCUT2D eigenvalue weighted by Crippen LogP contribution is 2.47. The van der Waals surface area contributed by atoms with Crippen LogP contribution in [0.3, 0.4) is 0 Å². The average Bonchev–Trinajstić information content (AvgIpc) is 3.56. The number of nitrogens with one attached hydrogen (secondary N) is 2. The number of fused-ring (bicyclic) bond motifs is 3. The van der Waals surface area contributed by atoms with E-state index in [-0.39, 0.29) is 43.0 Å². The number of aromatic nitrogens is 1. The van der Waals surface area contributed by atoms with Gasteiger partial charge in [-0.05, 0) is 55.0 Å². The summed E-state index contributed by atoms with van der Waals surface area (Å²) in [6.07, 6.45) is 5.90. The molecule has 2 fully saturated rings. The van der Waals surface area contributed by atoms with Crippen molar-refractivity contribution < 1.29 is 24.2 Å². The molecule has 3 aliphatic rings. The van der Waals surface area contributed by atoms with Crippen LogP contribution < -0.4 is 15.4 Å². The molecule has 3 heterocycles. The highest BCUT2D eigenvalue weighted by Gasteiger charge is 2.46. The van der Waals surface area contributed by atoms with Crippen LogP contribution in [0.4, 0.5) is 5.69 Å². The quantitative estimate of drug-likeness (QED) is 0.569. The number of rotatable bonds is 8. The molecule has 0 unspecified atom stereocenters. The zero-order chi connectivity index (χ0) is 22.8. The summed E-state index contributed by atoms with van der Waals surface area (Å²) in [6.45, 7) is 0.221. The molecule has 8 nitrogen and oxygen atoms in total. The first-order chi connectivity index (χ1) is 16.1. The van der Waals surface area contributed by atoms with Crippen LogP contribution in [-0.4, -0.2) is 46.8 Å². The summed E-state index contributed by atoms with van der Waals surface area (Å²) in [4.78, 5) is 28.8. The van der Waals surface area contributed by atoms with Gasteiger partial charge in [-0.3, -0.25) is 14.6 Å². The predicted molar refractivity (Wildman–Crippen MR) is 121 cm³/mol. The molecule has 33 heavy (non-hydrogen) atoms. The first-order valence-corrected chi connectivity index (χ1v) is 11.6. The van der Waals surface area contributed by atoms with E-state index in [9.17, 15) is 14.7 Å². The number of ether oxygens (including phenoxy) is 2. The van der Waals surface area contributed by atoms with Gasteiger partial charge in [0.2, 0.25) is 11.8 Å². The van der Waals surface area contributed by atoms with Gasteiger partial charge in [0.1, 0.15) is 18.0 Å². The molecule has 1 saturated carbocycles. The smallest absolute Gasteiger partial charge is 0.224 e. The standard InChI is InChI=1S/C25H29N3O5/c29-14-22-25-20(10-18(32-22)11-23(30)27-13-16-2-1-7-26-12-16)19-9-17(5-6-21(19)33-25)28-24(31)8-15-3-4-15/h1-2,5-7,9,12,15,18,20,22,25,29H,3-4,8,10-11,13-14H2,(H,27,30)(H,28,31)/t18-,20-,22+,25+/m1/s1. The summed E-state index contributed by atoms with van der Waals surface area (Å²) < 4.78 is 12.1. The molecule has 3 N–H and O–H groups in total. The minimum absolute atomic E-state index is 0.0118. The Bertz CT molecular complexity index is 1010. The normalized spacial score (nSPS) is 25.5. The second-order valence-corrected chi connectivity index (χ2v) is 9.19. The number of benzene rings is 1. The van der Waals surface area contributed by atoms with Crippen molar-refractivity contribution in [1.82, 2.24) is 10.3 Å². The Labute approximate surface area is 192 Å². The third kappa shape index (κ3) is 5.17. The Kier molecular flexibility index (Phi) is 6.28. The molecule has 0 spiro atoms. The van der Waals surface area contributed by atoms with E-state index in [1.54, 1.807) is 12.4 Å². The van der Waals surface area contributed by atoms with Crippen molar-refractivity contribution in [3.8, 4) is 5.75 Å². The molecule has 4 atom stereocenters. The summed E-state index contributed by atoms with van der Waals surface area (Å²) in [7, 11) is 0. The summed E-state index contributed by atoms with van der Waals surface area (Å²) in [6, 6.07) is 9.41. The van der Waals surface area contributed by atoms with Crippen LogP contribution in [0, 0.1) is 5.92 Å². The lowest BCUT2D eigenvalue weighted by Crippen LogP contribution is -2.47. The fraction of sp³-hybridized carbons (Fsp3) is 0.480. The fourth-order valence-electron chi connectivity index (χ4n) is 4.75. The monoisotopic (exact) mass is 451 g/mol. The van der Waals surface area contributed by atoms with Gasteiger partial charge in [-0.1, -0.05) is 6.07 Å². The zero-order valence-electron chi connectivity index (χ0n) is 18.4. The van der Waals surface area contributed by atoms with Gasteiger partial charge in [0.15, 0.2) is 0 Å². The van der Waals surface area contributed by atoms with Crippen LogP contribution >= 0.6 is 0 Å². The molecule has 1 saturated heterocycles. The molecule has 1 aromatic heterocycles. The maximum Gasteiger partial charge on any atom is 0.224 e. The van der Waals surface area contributed by atoms with E-state index in [1.165, 1.54) is 0 Å². The van der Waals surface area contributed by atoms with E-state index in [4.69, 9.17) is 9.47 Å². The van der Waals surface area contributed by atoms with Crippen LogP contribution in [0.5, 0.6) is 5.75 Å². The van der Waals surface area contributed by atoms with Crippen molar-refractivity contribution >= 4 is 17.5 Å². The van der Waals surface area contributed by atoms with Gasteiger partial charge < -0.3 is 25.2 Å². The van der Waals surface area contributed by atoms with Crippen molar-refractivity contribution in [3.05, 3.63) is 53.9 Å². The average molecular weight is 452 g/mol. The second-order valence-electron chi connectivity index (χ2n) is 9.19. The van der Waals surface area contributed by atoms with Gasteiger partial charge in [0.25, 0.3) is 0 Å². The van der Waals surface area contributed by atoms with Crippen molar-refractivity contribution in [1.29, 1.82) is 0 Å². The minimum atomic E-state index is -0.514. The molecule has 2 aromatic rings. The summed E-state index contributed by atoms with van der Waals surface area (Å²) in [5, 5.41) is 15.8. The van der Waals surface area contributed by atoms with Crippen molar-refractivity contribution in [2.45, 2.75) is 62.9 Å². The number of aliphatic hydroxyl groups excluding tert-OH is 1. The van der Waals surface area contributed by atoms with E-state index in [0.29, 0.717) is 25.3 Å². The maximum absolute atomic E-state index is 12.5. The number of nitrogens with zero attached hydrogens (tertiary/aromatic N) is 1. The van der Waals surface area contributed by atoms with Crippen LogP contribution in [0.2, 0.25) is 0 Å². The van der Waals surface area contributed by atoms with Crippen LogP contribution in [0.15, 0.2) is 42.7 Å². The molecule has 0 radical (unpaired) electrons. The third-order valence-electron chi connectivity index (χ3n) is 6.58. The highest BCUT2D eigenvalue weighted by atomic mass is 16.6. The summed E-state index contributed by atoms with van der Waals surface area (Å²) in [5.74, 6) is 1.18. The van der Waals surface area contributed by atoms with E-state index in [2.05, 4.69) is 15.6 Å². The van der Waals surface area contributed by atoms with Gasteiger partial charge in [0, 0.05) is 42.5 Å². The molecule has 8 heteroatoms. The fourth-order valence-corrected chi connectivity index (χ4v) is 4.75. The molecular formula is C25H29N3O5. The number of carbonyl (C=O) groups is 2. The van der Waals surface area contributed by atoms with E-state index in [0.717, 1.165) is 35.4 Å². The molecule has 0 bridgehead atoms. The summed E-state index contributed by atoms with van der Waals surface area (Å²) >= 11 is 0. The number of aliphatic hydroxyl groups is 1. The van der Waals surface area contributed by atoms with Gasteiger partial charge in [-0.2, -0.15) is 0 Å². The van der Waals surface area contributed by atoms with Gasteiger partial charge in [0.05, 0.1) is 19.1 Å². The molecule has 5 rings (SSSR count). The number of amides is 2. The second kappa shape index (κ2) is 9.49. The van der Waals surface area contributed by atoms with Gasteiger partial charge >= 0.3 is 0 Å². The van der Waals surface area contributed by atoms with Crippen molar-refractivity contribution in [3.63, 3.8) is 0 Å². The first-order valence-electron chi connectivity index (χ1n) is 11.6. The third-order valence-corrected chi connectivity index (χ3v) is 6.58. The summed E-state index contributed by atoms with van der Waals surface area (Å²) in [5.41, 5.74) is 2.67. The van der Waals surface area contributed by atoms with Gasteiger partial charge in [-0.15, -0.1) is 0 Å². The van der Waals surface area contributed by atoms with E-state index >= 15 is 0 Å². The Morgan fingerprint density at radius 1 is 1.15 bits per heavy atom. The zero-order valence-corrected chi connectivity index (χ0v) is 18.4. The molecule has 1 aromatic carbocycles. The maximum atomic E-state index is 12.5. The van der Waals surface area contributed by atoms with Crippen molar-refractivity contribution in [2.24, 2.45) is 5.92 Å². The molecule has 1 aliphatic carbocycles. The van der Waals surface area contributed by atoms with Gasteiger partial charge in [-0.25, -0.2) is 0 Å². The van der Waals surface area contributed by atoms with Crippen LogP contribution in [-0.2, 0) is 20.9 Å². The molecule has 2 amide bonds. The lowest BCUT2D eigenvalue weighted by molar-refractivity contribution is -0.142. The Morgan fingerprint density at radius 3 is 2.79 bits per heavy atom. The lowest BCUT2D eigenvalue weighted by Gasteiger charge is -2.37. The number of anilines is 1. The SMILES string of the molecule is O=C(C[C@H]1C[C@@H]2c3cc(NC(=O)CC4CC4)ccc3O[C@@H]2[C@H](CO)O1)NCc1cccnc1. The van der Waals surface area contributed by atoms with E-state index < -0.39 is 6.10 Å². The highest BCUT2D eigenvalue weighted by molar-refractivity contribution is 5.91. The Balaban J connectivity index is 1.24. The Morgan fingerprint density at radius 2 is 2.03 bits per heavy atom.